The number of rotatable bonds is 4. The van der Waals surface area contributed by atoms with E-state index in [-0.39, 0.29) is 24.8 Å². The van der Waals surface area contributed by atoms with Crippen LogP contribution in [0.4, 0.5) is 0 Å². The first-order chi connectivity index (χ1) is 12.1. The first-order valence-electron chi connectivity index (χ1n) is 9.48. The molecule has 0 aliphatic heterocycles. The standard InChI is InChI=1S/C23H25Si.2ClH.Zr/c1-4-9-16-14-15-21(24(2)3)22(16)23-19-12-7-5-10-17(19)18-11-6-8-13-20(18)23;;;/h5-8,10-13,23-24H,4,9,15H2,1-3H3;2*1H;/q;;;+2/p-2. The molecule has 0 amide bonds. The van der Waals surface area contributed by atoms with Crippen molar-refractivity contribution in [1.82, 2.24) is 0 Å². The van der Waals surface area contributed by atoms with Crippen molar-refractivity contribution in [1.29, 1.82) is 0 Å². The van der Waals surface area contributed by atoms with Gasteiger partial charge in [-0.15, -0.1) is 0 Å². The Morgan fingerprint density at radius 3 is 1.93 bits per heavy atom. The van der Waals surface area contributed by atoms with Crippen molar-refractivity contribution >= 4 is 8.80 Å². The molecule has 0 radical (unpaired) electrons. The Bertz CT molecular complexity index is 853. The normalized spacial score (nSPS) is 15.6. The molecule has 0 atom stereocenters. The van der Waals surface area contributed by atoms with E-state index in [0.29, 0.717) is 5.92 Å². The molecule has 4 rings (SSSR count). The summed E-state index contributed by atoms with van der Waals surface area (Å²) >= 11 is 1.63. The topological polar surface area (TPSA) is 0 Å². The van der Waals surface area contributed by atoms with Crippen LogP contribution in [0.25, 0.3) is 11.1 Å². The van der Waals surface area contributed by atoms with Gasteiger partial charge in [-0.1, -0.05) is 0 Å². The van der Waals surface area contributed by atoms with Crippen LogP contribution in [0.15, 0.2) is 68.2 Å². The summed E-state index contributed by atoms with van der Waals surface area (Å²) in [5.74, 6) is 0.469. The third-order valence-electron chi connectivity index (χ3n) is 5.72. The van der Waals surface area contributed by atoms with Crippen LogP contribution in [0.5, 0.6) is 0 Å². The van der Waals surface area contributed by atoms with Gasteiger partial charge in [-0.05, 0) is 0 Å². The van der Waals surface area contributed by atoms with Crippen LogP contribution in [0.3, 0.4) is 0 Å². The van der Waals surface area contributed by atoms with E-state index >= 15 is 0 Å². The van der Waals surface area contributed by atoms with Crippen LogP contribution in [0.2, 0.25) is 13.1 Å². The minimum absolute atomic E-state index is 0. The van der Waals surface area contributed by atoms with Gasteiger partial charge in [0.1, 0.15) is 0 Å². The number of hydrogen-bond donors (Lipinski definition) is 0. The Morgan fingerprint density at radius 2 is 1.44 bits per heavy atom. The second-order valence-corrected chi connectivity index (χ2v) is 12.1. The zero-order chi connectivity index (χ0) is 17.6. The third kappa shape index (κ3) is 3.88. The SMILES string of the molecule is CCCC1=[C]([Zr+2])CC([SiH](C)C)=C1C1c2ccccc2-c2ccccc21.[Cl-].[Cl-]. The van der Waals surface area contributed by atoms with Gasteiger partial charge in [-0.2, -0.15) is 0 Å². The van der Waals surface area contributed by atoms with Crippen molar-refractivity contribution in [2.24, 2.45) is 0 Å². The first-order valence-corrected chi connectivity index (χ1v) is 13.6. The maximum absolute atomic E-state index is 2.51. The second kappa shape index (κ2) is 9.40. The molecule has 0 unspecified atom stereocenters. The monoisotopic (exact) mass is 489 g/mol. The molecule has 2 aromatic carbocycles. The van der Waals surface area contributed by atoms with Crippen LogP contribution in [-0.2, 0) is 24.7 Å². The fourth-order valence-corrected chi connectivity index (χ4v) is 7.81. The van der Waals surface area contributed by atoms with E-state index in [2.05, 4.69) is 68.5 Å². The summed E-state index contributed by atoms with van der Waals surface area (Å²) in [6.45, 7) is 7.36. The molecule has 0 nitrogen and oxygen atoms in total. The summed E-state index contributed by atoms with van der Waals surface area (Å²) in [5, 5.41) is 1.83. The van der Waals surface area contributed by atoms with Crippen LogP contribution in [0.1, 0.15) is 43.2 Å². The molecule has 0 spiro atoms. The molecule has 4 heteroatoms. The van der Waals surface area contributed by atoms with Crippen molar-refractivity contribution in [3.05, 3.63) is 79.3 Å². The van der Waals surface area contributed by atoms with Crippen molar-refractivity contribution in [3.63, 3.8) is 0 Å². The minimum Gasteiger partial charge on any atom is -1.00 e. The Kier molecular flexibility index (Phi) is 7.97. The smallest absolute Gasteiger partial charge is 1.00 e. The predicted molar refractivity (Wildman–Crippen MR) is 106 cm³/mol. The van der Waals surface area contributed by atoms with E-state index in [1.165, 1.54) is 41.5 Å². The number of allylic oxidation sites excluding steroid dienone is 4. The Labute approximate surface area is 192 Å². The Balaban J connectivity index is 0.00000131. The molecule has 0 N–H and O–H groups in total. The summed E-state index contributed by atoms with van der Waals surface area (Å²) in [6, 6.07) is 18.2. The zero-order valence-corrected chi connectivity index (χ0v) is 21.3. The molecule has 0 bridgehead atoms. The molecule has 139 valence electrons. The minimum atomic E-state index is -0.815. The van der Waals surface area contributed by atoms with E-state index in [9.17, 15) is 0 Å². The molecule has 0 fully saturated rings. The summed E-state index contributed by atoms with van der Waals surface area (Å²) in [7, 11) is -0.815. The van der Waals surface area contributed by atoms with E-state index in [0.717, 1.165) is 0 Å². The number of halogens is 2. The average Bonchev–Trinajstić information content (AvgIpc) is 3.11. The largest absolute Gasteiger partial charge is 1.00 e. The summed E-state index contributed by atoms with van der Waals surface area (Å²) in [5.41, 5.74) is 9.42. The summed E-state index contributed by atoms with van der Waals surface area (Å²) in [6.07, 6.45) is 3.77. The van der Waals surface area contributed by atoms with E-state index in [4.69, 9.17) is 0 Å². The van der Waals surface area contributed by atoms with Crippen molar-refractivity contribution in [2.75, 3.05) is 0 Å². The molecule has 27 heavy (non-hydrogen) atoms. The molecule has 2 aliphatic carbocycles. The van der Waals surface area contributed by atoms with E-state index < -0.39 is 8.80 Å². The summed E-state index contributed by atoms with van der Waals surface area (Å²) in [4.78, 5) is 0. The number of hydrogen-bond acceptors (Lipinski definition) is 0. The van der Waals surface area contributed by atoms with Gasteiger partial charge in [0.15, 0.2) is 0 Å². The van der Waals surface area contributed by atoms with Gasteiger partial charge in [0.25, 0.3) is 0 Å². The van der Waals surface area contributed by atoms with Crippen LogP contribution < -0.4 is 24.8 Å². The fourth-order valence-electron chi connectivity index (χ4n) is 4.63. The molecule has 2 aliphatic rings. The van der Waals surface area contributed by atoms with Gasteiger partial charge in [-0.25, -0.2) is 0 Å². The van der Waals surface area contributed by atoms with Crippen molar-refractivity contribution < 1.29 is 49.5 Å². The first kappa shape index (κ1) is 22.9. The maximum atomic E-state index is 2.51. The van der Waals surface area contributed by atoms with Gasteiger partial charge < -0.3 is 24.8 Å². The molecular weight excluding hydrogens is 466 g/mol. The predicted octanol–water partition coefficient (Wildman–Crippen LogP) is 0.134. The molecule has 0 heterocycles. The number of fused-ring (bicyclic) bond motifs is 3. The molecule has 0 aromatic heterocycles. The molecular formula is C23H25Cl2SiZr. The zero-order valence-electron chi connectivity index (χ0n) is 16.2. The van der Waals surface area contributed by atoms with Gasteiger partial charge in [0.2, 0.25) is 0 Å². The molecule has 0 saturated carbocycles. The van der Waals surface area contributed by atoms with E-state index in [1.54, 1.807) is 39.1 Å². The maximum Gasteiger partial charge on any atom is -1.00 e. The molecule has 2 aromatic rings. The molecule has 0 saturated heterocycles. The Hall–Kier alpha value is -0.400. The average molecular weight is 492 g/mol. The van der Waals surface area contributed by atoms with E-state index in [1.807, 2.05) is 5.20 Å². The third-order valence-corrected chi connectivity index (χ3v) is 8.81. The van der Waals surface area contributed by atoms with Gasteiger partial charge >= 0.3 is 169 Å². The van der Waals surface area contributed by atoms with Crippen molar-refractivity contribution in [3.8, 4) is 11.1 Å². The van der Waals surface area contributed by atoms with Crippen LogP contribution in [-0.4, -0.2) is 8.80 Å². The second-order valence-electron chi connectivity index (χ2n) is 7.59. The fraction of sp³-hybridized carbons (Fsp3) is 0.304. The van der Waals surface area contributed by atoms with Crippen molar-refractivity contribution in [2.45, 2.75) is 45.2 Å². The Morgan fingerprint density at radius 1 is 0.926 bits per heavy atom. The van der Waals surface area contributed by atoms with Gasteiger partial charge in [0.05, 0.1) is 0 Å². The van der Waals surface area contributed by atoms with Gasteiger partial charge in [-0.3, -0.25) is 0 Å². The van der Waals surface area contributed by atoms with Gasteiger partial charge in [0, 0.05) is 0 Å². The number of benzene rings is 2. The van der Waals surface area contributed by atoms with Crippen LogP contribution >= 0.6 is 0 Å². The van der Waals surface area contributed by atoms with Crippen LogP contribution in [0, 0.1) is 0 Å². The summed E-state index contributed by atoms with van der Waals surface area (Å²) < 4.78 is 1.72. The quantitative estimate of drug-likeness (QED) is 0.534.